The number of nitrogens with two attached hydrogens (primary N) is 1. The van der Waals surface area contributed by atoms with Gasteiger partial charge >= 0.3 is 0 Å². The van der Waals surface area contributed by atoms with Gasteiger partial charge in [-0.15, -0.1) is 0 Å². The Labute approximate surface area is 231 Å². The first-order valence-electron chi connectivity index (χ1n) is 13.6. The molecule has 2 N–H and O–H groups in total. The molecule has 2 aromatic carbocycles. The smallest absolute Gasteiger partial charge is 0.267 e. The first-order chi connectivity index (χ1) is 18.8. The Morgan fingerprint density at radius 1 is 1.15 bits per heavy atom. The van der Waals surface area contributed by atoms with Crippen LogP contribution in [0.1, 0.15) is 44.7 Å². The van der Waals surface area contributed by atoms with Gasteiger partial charge in [0.2, 0.25) is 0 Å². The number of anilines is 1. The molecule has 0 radical (unpaired) electrons. The highest BCUT2D eigenvalue weighted by atomic mass is 16.5. The lowest BCUT2D eigenvalue weighted by Gasteiger charge is -2.34. The van der Waals surface area contributed by atoms with Crippen molar-refractivity contribution < 1.29 is 4.74 Å². The molecule has 2 heterocycles. The molecule has 4 rings (SSSR count). The van der Waals surface area contributed by atoms with Crippen molar-refractivity contribution in [2.45, 2.75) is 46.2 Å². The third-order valence-corrected chi connectivity index (χ3v) is 7.14. The third-order valence-electron chi connectivity index (χ3n) is 7.14. The fourth-order valence-corrected chi connectivity index (χ4v) is 4.70. The number of hydrogen-bond acceptors (Lipinski definition) is 6. The lowest BCUT2D eigenvalue weighted by atomic mass is 9.97. The fourth-order valence-electron chi connectivity index (χ4n) is 4.70. The van der Waals surface area contributed by atoms with Crippen LogP contribution in [0.5, 0.6) is 0 Å². The van der Waals surface area contributed by atoms with Crippen LogP contribution in [0, 0.1) is 5.92 Å². The van der Waals surface area contributed by atoms with E-state index in [1.165, 1.54) is 10.7 Å². The molecule has 0 atom stereocenters. The van der Waals surface area contributed by atoms with Crippen LogP contribution in [0.3, 0.4) is 0 Å². The lowest BCUT2D eigenvalue weighted by molar-refractivity contribution is 0.0986. The van der Waals surface area contributed by atoms with Gasteiger partial charge in [-0.05, 0) is 94.1 Å². The van der Waals surface area contributed by atoms with Crippen LogP contribution < -0.4 is 11.3 Å². The molecule has 0 bridgehead atoms. The van der Waals surface area contributed by atoms with E-state index in [9.17, 15) is 4.79 Å². The normalized spacial score (nSPS) is 15.2. The molecular weight excluding hydrogens is 486 g/mol. The summed E-state index contributed by atoms with van der Waals surface area (Å²) in [6.45, 7) is 13.9. The van der Waals surface area contributed by atoms with Gasteiger partial charge in [0.15, 0.2) is 0 Å². The van der Waals surface area contributed by atoms with Gasteiger partial charge in [0.1, 0.15) is 5.76 Å². The van der Waals surface area contributed by atoms with E-state index in [-0.39, 0.29) is 5.56 Å². The number of rotatable bonds is 10. The molecule has 0 aliphatic carbocycles. The molecule has 0 unspecified atom stereocenters. The maximum Gasteiger partial charge on any atom is 0.267 e. The number of hydrogen-bond donors (Lipinski definition) is 1. The van der Waals surface area contributed by atoms with Gasteiger partial charge in [-0.25, -0.2) is 4.68 Å². The third kappa shape index (κ3) is 7.77. The van der Waals surface area contributed by atoms with E-state index in [4.69, 9.17) is 10.5 Å². The van der Waals surface area contributed by atoms with Gasteiger partial charge in [0, 0.05) is 23.4 Å². The number of likely N-dealkylation sites (tertiary alicyclic amines) is 1. The Morgan fingerprint density at radius 3 is 2.64 bits per heavy atom. The summed E-state index contributed by atoms with van der Waals surface area (Å²) in [5.41, 5.74) is 10.4. The molecule has 7 nitrogen and oxygen atoms in total. The number of ether oxygens (including phenoxy) is 1. The highest BCUT2D eigenvalue weighted by Crippen LogP contribution is 2.21. The maximum atomic E-state index is 12.5. The van der Waals surface area contributed by atoms with Crippen molar-refractivity contribution in [3.05, 3.63) is 101 Å². The quantitative estimate of drug-likeness (QED) is 0.211. The number of benzene rings is 2. The molecule has 0 amide bonds. The molecule has 1 aromatic heterocycles. The van der Waals surface area contributed by atoms with E-state index in [1.54, 1.807) is 12.3 Å². The van der Waals surface area contributed by atoms with Crippen molar-refractivity contribution in [2.24, 2.45) is 10.9 Å². The van der Waals surface area contributed by atoms with Crippen molar-refractivity contribution in [1.29, 1.82) is 0 Å². The van der Waals surface area contributed by atoms with E-state index >= 15 is 0 Å². The van der Waals surface area contributed by atoms with Crippen LogP contribution in [0.25, 0.3) is 17.0 Å². The summed E-state index contributed by atoms with van der Waals surface area (Å²) in [6.07, 6.45) is 5.99. The van der Waals surface area contributed by atoms with Crippen LogP contribution in [-0.4, -0.2) is 46.6 Å². The molecule has 3 aromatic rings. The first-order valence-corrected chi connectivity index (χ1v) is 13.6. The highest BCUT2D eigenvalue weighted by Gasteiger charge is 2.21. The topological polar surface area (TPSA) is 85.7 Å². The monoisotopic (exact) mass is 525 g/mol. The Balaban J connectivity index is 1.38. The lowest BCUT2D eigenvalue weighted by Crippen LogP contribution is -2.39. The molecule has 1 aliphatic heterocycles. The van der Waals surface area contributed by atoms with Gasteiger partial charge in [0.05, 0.1) is 30.8 Å². The van der Waals surface area contributed by atoms with E-state index in [0.717, 1.165) is 48.4 Å². The van der Waals surface area contributed by atoms with Crippen LogP contribution in [0.4, 0.5) is 5.69 Å². The number of aromatic nitrogens is 2. The van der Waals surface area contributed by atoms with Gasteiger partial charge in [0.25, 0.3) is 5.56 Å². The molecule has 39 heavy (non-hydrogen) atoms. The predicted octanol–water partition coefficient (Wildman–Crippen LogP) is 5.62. The molecule has 1 aliphatic rings. The molecular formula is C32H39N5O2. The Morgan fingerprint density at radius 2 is 1.92 bits per heavy atom. The summed E-state index contributed by atoms with van der Waals surface area (Å²) in [6, 6.07) is 19.2. The zero-order valence-corrected chi connectivity index (χ0v) is 23.2. The summed E-state index contributed by atoms with van der Waals surface area (Å²) in [5.74, 6) is 1.31. The van der Waals surface area contributed by atoms with Gasteiger partial charge in [-0.3, -0.25) is 9.79 Å². The molecule has 7 heteroatoms. The van der Waals surface area contributed by atoms with Crippen molar-refractivity contribution >= 4 is 17.6 Å². The minimum atomic E-state index is -0.172. The van der Waals surface area contributed by atoms with Crippen molar-refractivity contribution in [2.75, 3.05) is 25.4 Å². The minimum Gasteiger partial charge on any atom is -0.492 e. The Bertz CT molecular complexity index is 1400. The summed E-state index contributed by atoms with van der Waals surface area (Å²) < 4.78 is 7.54. The number of aliphatic imine (C=N–C) groups is 1. The van der Waals surface area contributed by atoms with E-state index in [1.807, 2.05) is 61.5 Å². The van der Waals surface area contributed by atoms with E-state index < -0.39 is 0 Å². The van der Waals surface area contributed by atoms with E-state index in [0.29, 0.717) is 42.2 Å². The molecule has 1 fully saturated rings. The minimum absolute atomic E-state index is 0.172. The average molecular weight is 526 g/mol. The second-order valence-electron chi connectivity index (χ2n) is 10.3. The maximum absolute atomic E-state index is 12.5. The van der Waals surface area contributed by atoms with Gasteiger partial charge in [-0.2, -0.15) is 5.10 Å². The highest BCUT2D eigenvalue weighted by molar-refractivity contribution is 5.82. The molecule has 0 saturated carbocycles. The van der Waals surface area contributed by atoms with Crippen molar-refractivity contribution in [3.8, 4) is 11.3 Å². The summed E-state index contributed by atoms with van der Waals surface area (Å²) in [5, 5.41) is 4.57. The molecule has 0 spiro atoms. The summed E-state index contributed by atoms with van der Waals surface area (Å²) in [7, 11) is 0. The Kier molecular flexibility index (Phi) is 9.49. The summed E-state index contributed by atoms with van der Waals surface area (Å²) >= 11 is 0. The average Bonchev–Trinajstić information content (AvgIpc) is 2.94. The van der Waals surface area contributed by atoms with E-state index in [2.05, 4.69) is 35.4 Å². The van der Waals surface area contributed by atoms with Crippen molar-refractivity contribution in [3.63, 3.8) is 0 Å². The zero-order chi connectivity index (χ0) is 27.8. The van der Waals surface area contributed by atoms with Gasteiger partial charge < -0.3 is 15.4 Å². The number of nitrogens with zero attached hydrogens (tertiary/aromatic N) is 4. The standard InChI is InChI=1S/C32H39N5O2/c1-5-30(39-22-25-14-16-36(17-15-25)23(2)3)20-34-24(4)27-9-6-8-26(18-27)21-37-32(38)13-12-31(35-37)28-10-7-11-29(33)19-28/h5-13,18-20,23,25H,4,14-17,21-22,33H2,1-3H3/b30-5+,34-20-. The van der Waals surface area contributed by atoms with Gasteiger partial charge in [-0.1, -0.05) is 36.9 Å². The second kappa shape index (κ2) is 13.2. The number of allylic oxidation sites excluding steroid dienone is 2. The van der Waals surface area contributed by atoms with Crippen LogP contribution in [-0.2, 0) is 11.3 Å². The molecule has 204 valence electrons. The number of piperidine rings is 1. The molecule has 1 saturated heterocycles. The predicted molar refractivity (Wildman–Crippen MR) is 161 cm³/mol. The zero-order valence-electron chi connectivity index (χ0n) is 23.2. The van der Waals surface area contributed by atoms with Crippen LogP contribution in [0.2, 0.25) is 0 Å². The largest absolute Gasteiger partial charge is 0.492 e. The van der Waals surface area contributed by atoms with Crippen LogP contribution >= 0.6 is 0 Å². The number of nitrogen functional groups attached to an aromatic ring is 1. The summed E-state index contributed by atoms with van der Waals surface area (Å²) in [4.78, 5) is 19.6. The second-order valence-corrected chi connectivity index (χ2v) is 10.3. The van der Waals surface area contributed by atoms with Crippen LogP contribution in [0.15, 0.2) is 88.9 Å². The first kappa shape index (κ1) is 28.0. The van der Waals surface area contributed by atoms with Crippen molar-refractivity contribution in [1.82, 2.24) is 14.7 Å². The fraction of sp³-hybridized carbons (Fsp3) is 0.344. The SMILES string of the molecule is C=C(/N=C\C(=C/C)OCC1CCN(C(C)C)CC1)c1cccc(Cn2nc(-c3cccc(N)c3)ccc2=O)c1. The Hall–Kier alpha value is -3.97.